The summed E-state index contributed by atoms with van der Waals surface area (Å²) < 4.78 is 39.9. The molecular formula is C23H17ClF3N5O3S. The molecule has 2 amide bonds. The van der Waals surface area contributed by atoms with Gasteiger partial charge in [0.1, 0.15) is 0 Å². The molecule has 2 heterocycles. The van der Waals surface area contributed by atoms with Crippen molar-refractivity contribution in [3.05, 3.63) is 94.3 Å². The van der Waals surface area contributed by atoms with E-state index in [1.807, 2.05) is 0 Å². The number of aromatic nitrogens is 3. The van der Waals surface area contributed by atoms with Gasteiger partial charge in [-0.2, -0.15) is 13.2 Å². The fourth-order valence-electron chi connectivity index (χ4n) is 3.31. The molecule has 0 unspecified atom stereocenters. The fourth-order valence-corrected chi connectivity index (χ4v) is 3.97. The minimum absolute atomic E-state index is 0.0273. The number of carbonyl (C=O) groups excluding carboxylic acids is 1. The molecule has 0 fully saturated rings. The zero-order valence-corrected chi connectivity index (χ0v) is 19.7. The predicted octanol–water partition coefficient (Wildman–Crippen LogP) is 5.70. The van der Waals surface area contributed by atoms with Gasteiger partial charge >= 0.3 is 17.2 Å². The Morgan fingerprint density at radius 3 is 2.42 bits per heavy atom. The number of pyridine rings is 1. The van der Waals surface area contributed by atoms with Crippen molar-refractivity contribution in [3.63, 3.8) is 0 Å². The Hall–Kier alpha value is -3.90. The number of halogens is 4. The van der Waals surface area contributed by atoms with Crippen molar-refractivity contribution >= 4 is 40.8 Å². The Balaban J connectivity index is 1.52. The SMILES string of the molecule is O=C(Nc1ccc(Cl)cc1)Nc1cnccc1Cn1cc(O)n(-c2ccc(SC(F)(F)F)cc2)c1=O. The quantitative estimate of drug-likeness (QED) is 0.275. The van der Waals surface area contributed by atoms with Crippen molar-refractivity contribution in [2.24, 2.45) is 0 Å². The smallest absolute Gasteiger partial charge is 0.446 e. The van der Waals surface area contributed by atoms with E-state index in [1.165, 1.54) is 47.4 Å². The molecule has 4 aromatic rings. The maximum Gasteiger partial charge on any atom is 0.446 e. The maximum atomic E-state index is 13.0. The molecule has 0 atom stereocenters. The minimum atomic E-state index is -4.44. The summed E-state index contributed by atoms with van der Waals surface area (Å²) in [5, 5.41) is 16.2. The number of amides is 2. The molecule has 3 N–H and O–H groups in total. The number of thioether (sulfide) groups is 1. The third-order valence-corrected chi connectivity index (χ3v) is 5.86. The van der Waals surface area contributed by atoms with Gasteiger partial charge < -0.3 is 15.7 Å². The van der Waals surface area contributed by atoms with Crippen LogP contribution >= 0.6 is 23.4 Å². The van der Waals surface area contributed by atoms with Gasteiger partial charge in [0.2, 0.25) is 5.88 Å². The van der Waals surface area contributed by atoms with Gasteiger partial charge in [0, 0.05) is 21.8 Å². The first-order chi connectivity index (χ1) is 17.1. The van der Waals surface area contributed by atoms with Crippen LogP contribution in [-0.4, -0.2) is 30.8 Å². The van der Waals surface area contributed by atoms with Crippen molar-refractivity contribution in [1.29, 1.82) is 0 Å². The van der Waals surface area contributed by atoms with E-state index in [0.717, 1.165) is 4.57 Å². The zero-order chi connectivity index (χ0) is 25.9. The van der Waals surface area contributed by atoms with Crippen LogP contribution in [0.15, 0.2) is 82.9 Å². The lowest BCUT2D eigenvalue weighted by atomic mass is 10.2. The van der Waals surface area contributed by atoms with E-state index < -0.39 is 23.1 Å². The summed E-state index contributed by atoms with van der Waals surface area (Å²) in [5.74, 6) is -0.403. The van der Waals surface area contributed by atoms with Gasteiger partial charge in [-0.1, -0.05) is 11.6 Å². The summed E-state index contributed by atoms with van der Waals surface area (Å²) in [5.41, 5.74) is -3.51. The van der Waals surface area contributed by atoms with Crippen molar-refractivity contribution in [1.82, 2.24) is 14.1 Å². The lowest BCUT2D eigenvalue weighted by molar-refractivity contribution is -0.0328. The molecule has 0 bridgehead atoms. The van der Waals surface area contributed by atoms with Gasteiger partial charge in [0.25, 0.3) is 0 Å². The molecule has 13 heteroatoms. The van der Waals surface area contributed by atoms with Crippen LogP contribution in [0.25, 0.3) is 5.69 Å². The van der Waals surface area contributed by atoms with Gasteiger partial charge in [-0.25, -0.2) is 14.2 Å². The number of anilines is 2. The standard InChI is InChI=1S/C23H17ClF3N5O3S/c24-15-1-3-16(4-2-15)29-21(34)30-19-11-28-10-9-14(19)12-31-13-20(33)32(22(31)35)17-5-7-18(8-6-17)36-23(25,26)27/h1-11,13,33H,12H2,(H2,29,30,34). The number of rotatable bonds is 6. The topological polar surface area (TPSA) is 101 Å². The molecule has 4 rings (SSSR count). The summed E-state index contributed by atoms with van der Waals surface area (Å²) in [6.07, 6.45) is 4.09. The Kier molecular flexibility index (Phi) is 7.27. The van der Waals surface area contributed by atoms with E-state index in [1.54, 1.807) is 30.3 Å². The van der Waals surface area contributed by atoms with Crippen molar-refractivity contribution in [2.45, 2.75) is 16.9 Å². The largest absolute Gasteiger partial charge is 0.493 e. The summed E-state index contributed by atoms with van der Waals surface area (Å²) in [7, 11) is 0. The van der Waals surface area contributed by atoms with Crippen molar-refractivity contribution in [2.75, 3.05) is 10.6 Å². The number of hydrogen-bond acceptors (Lipinski definition) is 5. The second-order valence-electron chi connectivity index (χ2n) is 7.39. The number of nitrogens with zero attached hydrogens (tertiary/aromatic N) is 3. The van der Waals surface area contributed by atoms with E-state index in [0.29, 0.717) is 22.0 Å². The number of aromatic hydroxyl groups is 1. The summed E-state index contributed by atoms with van der Waals surface area (Å²) >= 11 is 5.57. The lowest BCUT2D eigenvalue weighted by Crippen LogP contribution is -2.25. The summed E-state index contributed by atoms with van der Waals surface area (Å²) in [6, 6.07) is 12.6. The highest BCUT2D eigenvalue weighted by Gasteiger charge is 2.29. The maximum absolute atomic E-state index is 13.0. The third-order valence-electron chi connectivity index (χ3n) is 4.87. The van der Waals surface area contributed by atoms with E-state index in [9.17, 15) is 27.9 Å². The fraction of sp³-hybridized carbons (Fsp3) is 0.0870. The first-order valence-corrected chi connectivity index (χ1v) is 11.4. The minimum Gasteiger partial charge on any atom is -0.493 e. The molecule has 0 radical (unpaired) electrons. The van der Waals surface area contributed by atoms with Crippen LogP contribution in [0, 0.1) is 0 Å². The highest BCUT2D eigenvalue weighted by Crippen LogP contribution is 2.37. The van der Waals surface area contributed by atoms with Gasteiger partial charge in [0.05, 0.1) is 30.3 Å². The first-order valence-electron chi connectivity index (χ1n) is 10.2. The number of nitrogens with one attached hydrogen (secondary N) is 2. The Bertz CT molecular complexity index is 1440. The molecule has 0 aliphatic carbocycles. The Morgan fingerprint density at radius 2 is 1.75 bits per heavy atom. The zero-order valence-electron chi connectivity index (χ0n) is 18.2. The molecule has 0 saturated carbocycles. The number of carbonyl (C=O) groups is 1. The van der Waals surface area contributed by atoms with Gasteiger partial charge in [-0.05, 0) is 71.9 Å². The van der Waals surface area contributed by atoms with Crippen molar-refractivity contribution < 1.29 is 23.1 Å². The Morgan fingerprint density at radius 1 is 1.06 bits per heavy atom. The van der Waals surface area contributed by atoms with Crippen LogP contribution in [-0.2, 0) is 6.54 Å². The number of urea groups is 1. The molecule has 8 nitrogen and oxygen atoms in total. The molecule has 0 saturated heterocycles. The highest BCUT2D eigenvalue weighted by molar-refractivity contribution is 8.00. The summed E-state index contributed by atoms with van der Waals surface area (Å²) in [4.78, 5) is 29.3. The van der Waals surface area contributed by atoms with Crippen LogP contribution in [0.4, 0.5) is 29.3 Å². The summed E-state index contributed by atoms with van der Waals surface area (Å²) in [6.45, 7) is -0.0273. The average molecular weight is 536 g/mol. The Labute approximate surface area is 211 Å². The lowest BCUT2D eigenvalue weighted by Gasteiger charge is -2.12. The number of benzene rings is 2. The molecule has 0 aliphatic rings. The number of hydrogen-bond donors (Lipinski definition) is 3. The molecular weight excluding hydrogens is 519 g/mol. The van der Waals surface area contributed by atoms with E-state index in [4.69, 9.17) is 11.6 Å². The highest BCUT2D eigenvalue weighted by atomic mass is 35.5. The van der Waals surface area contributed by atoms with Crippen molar-refractivity contribution in [3.8, 4) is 11.6 Å². The second-order valence-corrected chi connectivity index (χ2v) is 8.97. The predicted molar refractivity (Wildman–Crippen MR) is 131 cm³/mol. The van der Waals surface area contributed by atoms with Crippen LogP contribution in [0.3, 0.4) is 0 Å². The molecule has 0 aliphatic heterocycles. The first kappa shape index (κ1) is 25.2. The van der Waals surface area contributed by atoms with Crippen LogP contribution < -0.4 is 16.3 Å². The molecule has 0 spiro atoms. The molecule has 186 valence electrons. The van der Waals surface area contributed by atoms with E-state index in [-0.39, 0.29) is 28.9 Å². The normalized spacial score (nSPS) is 11.3. The molecule has 2 aromatic heterocycles. The van der Waals surface area contributed by atoms with Crippen LogP contribution in [0.5, 0.6) is 5.88 Å². The number of imidazole rings is 1. The number of alkyl halides is 3. The molecule has 2 aromatic carbocycles. The van der Waals surface area contributed by atoms with Gasteiger partial charge in [-0.3, -0.25) is 9.55 Å². The van der Waals surface area contributed by atoms with E-state index in [2.05, 4.69) is 15.6 Å². The van der Waals surface area contributed by atoms with Crippen LogP contribution in [0.2, 0.25) is 5.02 Å². The van der Waals surface area contributed by atoms with Crippen LogP contribution in [0.1, 0.15) is 5.56 Å². The monoisotopic (exact) mass is 535 g/mol. The third kappa shape index (κ3) is 6.20. The van der Waals surface area contributed by atoms with E-state index >= 15 is 0 Å². The van der Waals surface area contributed by atoms with Gasteiger partial charge in [0.15, 0.2) is 0 Å². The van der Waals surface area contributed by atoms with Gasteiger partial charge in [-0.15, -0.1) is 0 Å². The average Bonchev–Trinajstić information content (AvgIpc) is 3.09. The molecule has 36 heavy (non-hydrogen) atoms. The second kappa shape index (κ2) is 10.4.